The average molecular weight is 264 g/mol. The summed E-state index contributed by atoms with van der Waals surface area (Å²) in [5.74, 6) is -1.82. The molecule has 2 rings (SSSR count). The number of rotatable bonds is 2. The second kappa shape index (κ2) is 4.88. The van der Waals surface area contributed by atoms with Crippen LogP contribution in [-0.4, -0.2) is 12.0 Å². The van der Waals surface area contributed by atoms with Gasteiger partial charge in [-0.1, -0.05) is 42.5 Å². The molecule has 0 spiro atoms. The Labute approximate surface area is 108 Å². The fraction of sp³-hybridized carbons (Fsp3) is 0.133. The number of halogens is 3. The van der Waals surface area contributed by atoms with Crippen molar-refractivity contribution in [2.24, 2.45) is 0 Å². The Hall–Kier alpha value is -2.10. The highest BCUT2D eigenvalue weighted by Gasteiger charge is 2.39. The van der Waals surface area contributed by atoms with Crippen molar-refractivity contribution in [2.75, 3.05) is 0 Å². The Morgan fingerprint density at radius 2 is 1.68 bits per heavy atom. The molecule has 0 saturated heterocycles. The van der Waals surface area contributed by atoms with E-state index in [9.17, 15) is 18.0 Å². The number of ketones is 1. The number of benzene rings is 2. The Balaban J connectivity index is 2.47. The largest absolute Gasteiger partial charge is 0.454 e. The summed E-state index contributed by atoms with van der Waals surface area (Å²) in [6.07, 6.45) is -4.84. The monoisotopic (exact) mass is 264 g/mol. The summed E-state index contributed by atoms with van der Waals surface area (Å²) in [6.45, 7) is 1.87. The van der Waals surface area contributed by atoms with Gasteiger partial charge >= 0.3 is 6.18 Å². The maximum Gasteiger partial charge on any atom is 0.454 e. The van der Waals surface area contributed by atoms with Gasteiger partial charge in [0.15, 0.2) is 0 Å². The first kappa shape index (κ1) is 13.3. The van der Waals surface area contributed by atoms with Crippen LogP contribution < -0.4 is 0 Å². The summed E-state index contributed by atoms with van der Waals surface area (Å²) in [5, 5.41) is 0. The lowest BCUT2D eigenvalue weighted by Gasteiger charge is -2.09. The van der Waals surface area contributed by atoms with E-state index in [0.717, 1.165) is 11.1 Å². The third-order valence-electron chi connectivity index (χ3n) is 2.84. The highest BCUT2D eigenvalue weighted by Crippen LogP contribution is 2.27. The van der Waals surface area contributed by atoms with Crippen LogP contribution >= 0.6 is 0 Å². The minimum Gasteiger partial charge on any atom is -0.284 e. The molecule has 0 radical (unpaired) electrons. The minimum absolute atomic E-state index is 0.340. The van der Waals surface area contributed by atoms with Crippen molar-refractivity contribution in [3.8, 4) is 11.1 Å². The molecular formula is C15H11F3O. The highest BCUT2D eigenvalue weighted by atomic mass is 19.4. The molecule has 2 aromatic carbocycles. The van der Waals surface area contributed by atoms with Crippen molar-refractivity contribution in [3.63, 3.8) is 0 Å². The molecule has 1 nitrogen and oxygen atoms in total. The zero-order chi connectivity index (χ0) is 14.0. The van der Waals surface area contributed by atoms with E-state index in [1.54, 1.807) is 12.1 Å². The molecule has 0 fully saturated rings. The summed E-state index contributed by atoms with van der Waals surface area (Å²) >= 11 is 0. The molecule has 0 atom stereocenters. The molecule has 98 valence electrons. The molecule has 2 aromatic rings. The van der Waals surface area contributed by atoms with E-state index >= 15 is 0 Å². The number of hydrogen-bond acceptors (Lipinski definition) is 1. The van der Waals surface area contributed by atoms with Crippen LogP contribution in [0.4, 0.5) is 13.2 Å². The fourth-order valence-corrected chi connectivity index (χ4v) is 1.89. The first-order valence-electron chi connectivity index (χ1n) is 5.67. The van der Waals surface area contributed by atoms with Gasteiger partial charge in [-0.3, -0.25) is 4.79 Å². The van der Waals surface area contributed by atoms with Crippen LogP contribution in [0, 0.1) is 6.92 Å². The minimum atomic E-state index is -4.84. The van der Waals surface area contributed by atoms with Gasteiger partial charge in [0.2, 0.25) is 0 Å². The van der Waals surface area contributed by atoms with Gasteiger partial charge in [0.25, 0.3) is 5.78 Å². The third kappa shape index (κ3) is 2.84. The lowest BCUT2D eigenvalue weighted by Crippen LogP contribution is -2.22. The lowest BCUT2D eigenvalue weighted by atomic mass is 9.98. The predicted molar refractivity (Wildman–Crippen MR) is 67.0 cm³/mol. The quantitative estimate of drug-likeness (QED) is 0.734. The van der Waals surface area contributed by atoms with Crippen molar-refractivity contribution in [2.45, 2.75) is 13.1 Å². The standard InChI is InChI=1S/C15H11F3O/c1-10-5-2-3-8-13(10)11-6-4-7-12(9-11)14(19)15(16,17)18/h2-9H,1H3. The predicted octanol–water partition coefficient (Wildman–Crippen LogP) is 4.41. The van der Waals surface area contributed by atoms with E-state index in [4.69, 9.17) is 0 Å². The van der Waals surface area contributed by atoms with E-state index < -0.39 is 12.0 Å². The van der Waals surface area contributed by atoms with Crippen LogP contribution in [0.1, 0.15) is 15.9 Å². The van der Waals surface area contributed by atoms with Crippen LogP contribution in [0.25, 0.3) is 11.1 Å². The van der Waals surface area contributed by atoms with Crippen molar-refractivity contribution >= 4 is 5.78 Å². The van der Waals surface area contributed by atoms with Gasteiger partial charge in [-0.05, 0) is 29.7 Å². The first-order chi connectivity index (χ1) is 8.89. The molecule has 19 heavy (non-hydrogen) atoms. The van der Waals surface area contributed by atoms with Crippen LogP contribution in [0.2, 0.25) is 0 Å². The second-order valence-corrected chi connectivity index (χ2v) is 4.22. The molecule has 0 aliphatic heterocycles. The maximum absolute atomic E-state index is 12.4. The fourth-order valence-electron chi connectivity index (χ4n) is 1.89. The molecular weight excluding hydrogens is 253 g/mol. The third-order valence-corrected chi connectivity index (χ3v) is 2.84. The zero-order valence-electron chi connectivity index (χ0n) is 10.2. The SMILES string of the molecule is Cc1ccccc1-c1cccc(C(=O)C(F)(F)F)c1. The molecule has 0 aliphatic carbocycles. The van der Waals surface area contributed by atoms with E-state index in [1.807, 2.05) is 25.1 Å². The summed E-state index contributed by atoms with van der Waals surface area (Å²) in [6, 6.07) is 12.9. The highest BCUT2D eigenvalue weighted by molar-refractivity contribution is 6.01. The molecule has 0 aliphatic rings. The summed E-state index contributed by atoms with van der Waals surface area (Å²) in [7, 11) is 0. The van der Waals surface area contributed by atoms with Gasteiger partial charge in [0, 0.05) is 5.56 Å². The summed E-state index contributed by atoms with van der Waals surface area (Å²) in [4.78, 5) is 11.2. The number of aryl methyl sites for hydroxylation is 1. The van der Waals surface area contributed by atoms with E-state index in [1.165, 1.54) is 18.2 Å². The van der Waals surface area contributed by atoms with Gasteiger partial charge in [-0.25, -0.2) is 0 Å². The molecule has 0 heterocycles. The van der Waals surface area contributed by atoms with Crippen LogP contribution in [0.3, 0.4) is 0 Å². The Bertz CT molecular complexity index is 615. The van der Waals surface area contributed by atoms with Gasteiger partial charge < -0.3 is 0 Å². The number of Topliss-reactive ketones (excluding diaryl/α,β-unsaturated/α-hetero) is 1. The molecule has 0 bridgehead atoms. The van der Waals surface area contributed by atoms with Gasteiger partial charge in [-0.15, -0.1) is 0 Å². The molecule has 0 aromatic heterocycles. The summed E-state index contributed by atoms with van der Waals surface area (Å²) in [5.41, 5.74) is 2.03. The molecule has 0 unspecified atom stereocenters. The van der Waals surface area contributed by atoms with Crippen LogP contribution in [-0.2, 0) is 0 Å². The van der Waals surface area contributed by atoms with Crippen LogP contribution in [0.5, 0.6) is 0 Å². The van der Waals surface area contributed by atoms with E-state index in [2.05, 4.69) is 0 Å². The van der Waals surface area contributed by atoms with Gasteiger partial charge in [0.05, 0.1) is 0 Å². The average Bonchev–Trinajstić information content (AvgIpc) is 2.37. The van der Waals surface area contributed by atoms with Crippen molar-refractivity contribution in [1.29, 1.82) is 0 Å². The van der Waals surface area contributed by atoms with Crippen molar-refractivity contribution < 1.29 is 18.0 Å². The first-order valence-corrected chi connectivity index (χ1v) is 5.67. The molecule has 0 N–H and O–H groups in total. The topological polar surface area (TPSA) is 17.1 Å². The number of hydrogen-bond donors (Lipinski definition) is 0. The summed E-state index contributed by atoms with van der Waals surface area (Å²) < 4.78 is 37.2. The van der Waals surface area contributed by atoms with Gasteiger partial charge in [0.1, 0.15) is 0 Å². The van der Waals surface area contributed by atoms with Gasteiger partial charge in [-0.2, -0.15) is 13.2 Å². The lowest BCUT2D eigenvalue weighted by molar-refractivity contribution is -0.0885. The maximum atomic E-state index is 12.4. The number of carbonyl (C=O) groups excluding carboxylic acids is 1. The number of alkyl halides is 3. The molecule has 4 heteroatoms. The smallest absolute Gasteiger partial charge is 0.284 e. The van der Waals surface area contributed by atoms with E-state index in [0.29, 0.717) is 5.56 Å². The Morgan fingerprint density at radius 1 is 1.00 bits per heavy atom. The molecule has 0 saturated carbocycles. The normalized spacial score (nSPS) is 11.4. The number of carbonyl (C=O) groups is 1. The molecule has 0 amide bonds. The van der Waals surface area contributed by atoms with Crippen molar-refractivity contribution in [3.05, 3.63) is 59.7 Å². The Morgan fingerprint density at radius 3 is 2.32 bits per heavy atom. The Kier molecular flexibility index (Phi) is 3.42. The zero-order valence-corrected chi connectivity index (χ0v) is 10.2. The van der Waals surface area contributed by atoms with E-state index in [-0.39, 0.29) is 5.56 Å². The van der Waals surface area contributed by atoms with Crippen LogP contribution in [0.15, 0.2) is 48.5 Å². The second-order valence-electron chi connectivity index (χ2n) is 4.22. The van der Waals surface area contributed by atoms with Crippen molar-refractivity contribution in [1.82, 2.24) is 0 Å².